The van der Waals surface area contributed by atoms with Crippen LogP contribution >= 0.6 is 0 Å². The summed E-state index contributed by atoms with van der Waals surface area (Å²) in [5, 5.41) is 0. The minimum atomic E-state index is 0. The largest absolute Gasteiger partial charge is 4.00 e. The number of rotatable bonds is 1. The summed E-state index contributed by atoms with van der Waals surface area (Å²) in [5.74, 6) is 0.877. The Balaban J connectivity index is 0. The average molecular weight is 388 g/mol. The van der Waals surface area contributed by atoms with Gasteiger partial charge in [-0.15, -0.1) is 0 Å². The Kier molecular flexibility index (Phi) is 15.8. The Hall–Kier alpha value is 0.163. The van der Waals surface area contributed by atoms with Gasteiger partial charge >= 0.3 is 26.2 Å². The molecule has 0 bridgehead atoms. The fourth-order valence-electron chi connectivity index (χ4n) is 2.59. The Morgan fingerprint density at radius 1 is 0.750 bits per heavy atom. The molecule has 108 valence electrons. The van der Waals surface area contributed by atoms with Crippen LogP contribution in [0.1, 0.15) is 50.0 Å². The molecule has 3 heteroatoms. The minimum Gasteiger partial charge on any atom is -1.00 e. The molecule has 1 aliphatic carbocycles. The topological polar surface area (TPSA) is 0 Å². The molecular weight excluding hydrogens is 366 g/mol. The molecule has 1 fully saturated rings. The van der Waals surface area contributed by atoms with Crippen molar-refractivity contribution in [3.63, 3.8) is 0 Å². The Labute approximate surface area is 155 Å². The zero-order valence-corrected chi connectivity index (χ0v) is 15.7. The summed E-state index contributed by atoms with van der Waals surface area (Å²) >= 11 is 0. The summed E-state index contributed by atoms with van der Waals surface area (Å²) in [6.45, 7) is 0. The Morgan fingerprint density at radius 3 is 1.65 bits per heavy atom. The van der Waals surface area contributed by atoms with Crippen LogP contribution in [0.15, 0.2) is 54.6 Å². The summed E-state index contributed by atoms with van der Waals surface area (Å²) in [4.78, 5) is 0. The van der Waals surface area contributed by atoms with E-state index in [4.69, 9.17) is 0 Å². The number of hydrogen-bond donors (Lipinski definition) is 0. The van der Waals surface area contributed by atoms with Crippen molar-refractivity contribution in [3.05, 3.63) is 60.2 Å². The first-order chi connectivity index (χ1) is 8.47. The Bertz CT molecular complexity index is 342. The Morgan fingerprint density at radius 2 is 1.25 bits per heavy atom. The summed E-state index contributed by atoms with van der Waals surface area (Å²) in [6, 6.07) is 18.9. The van der Waals surface area contributed by atoms with Crippen molar-refractivity contribution in [3.8, 4) is 0 Å². The minimum absolute atomic E-state index is 0. The van der Waals surface area contributed by atoms with Crippen LogP contribution in [0.3, 0.4) is 0 Å². The van der Waals surface area contributed by atoms with E-state index in [0.29, 0.717) is 0 Å². The van der Waals surface area contributed by atoms with Gasteiger partial charge in [0.2, 0.25) is 0 Å². The van der Waals surface area contributed by atoms with E-state index < -0.39 is 0 Å². The fraction of sp³-hybridized carbons (Fsp3) is 0.412. The van der Waals surface area contributed by atoms with E-state index in [9.17, 15) is 0 Å². The van der Waals surface area contributed by atoms with E-state index in [0.717, 1.165) is 5.92 Å². The number of halogens is 2. The van der Waals surface area contributed by atoms with Crippen molar-refractivity contribution in [1.29, 1.82) is 0 Å². The second-order valence-corrected chi connectivity index (χ2v) is 4.87. The molecule has 3 rings (SSSR count). The maximum absolute atomic E-state index is 2.29. The second-order valence-electron chi connectivity index (χ2n) is 4.87. The summed E-state index contributed by atoms with van der Waals surface area (Å²) in [6.07, 6.45) is 8.63. The predicted molar refractivity (Wildman–Crippen MR) is 74.5 cm³/mol. The molecule has 0 atom stereocenters. The summed E-state index contributed by atoms with van der Waals surface area (Å²) in [5.41, 5.74) is 1.58. The first-order valence-electron chi connectivity index (χ1n) is 6.85. The molecule has 0 amide bonds. The van der Waals surface area contributed by atoms with Crippen molar-refractivity contribution < 1.29 is 51.0 Å². The molecule has 0 radical (unpaired) electrons. The third-order valence-corrected chi connectivity index (χ3v) is 3.57. The van der Waals surface area contributed by atoms with Gasteiger partial charge in [-0.05, 0) is 0 Å². The zero-order valence-electron chi connectivity index (χ0n) is 11.8. The summed E-state index contributed by atoms with van der Waals surface area (Å²) < 4.78 is 0. The van der Waals surface area contributed by atoms with Gasteiger partial charge in [-0.1, -0.05) is 44.4 Å². The average Bonchev–Trinajstić information content (AvgIpc) is 3.02. The van der Waals surface area contributed by atoms with E-state index in [1.807, 2.05) is 30.3 Å². The molecular formula is C17H22Cl2Zr. The van der Waals surface area contributed by atoms with Crippen molar-refractivity contribution in [2.45, 2.75) is 44.4 Å². The molecule has 0 spiro atoms. The molecule has 1 aliphatic rings. The van der Waals surface area contributed by atoms with Crippen molar-refractivity contribution in [1.82, 2.24) is 0 Å². The van der Waals surface area contributed by atoms with Crippen molar-refractivity contribution >= 4 is 0 Å². The monoisotopic (exact) mass is 386 g/mol. The van der Waals surface area contributed by atoms with Gasteiger partial charge in [-0.3, -0.25) is 0 Å². The van der Waals surface area contributed by atoms with Crippen LogP contribution in [-0.4, -0.2) is 0 Å². The molecule has 0 saturated heterocycles. The van der Waals surface area contributed by atoms with E-state index >= 15 is 0 Å². The first-order valence-corrected chi connectivity index (χ1v) is 6.85. The SMILES string of the molecule is [Cl-].[Cl-].[Zr+4].c1cc[c-](C2CCCCCC2)c1.c1cc[cH-]c1. The van der Waals surface area contributed by atoms with Crippen LogP contribution in [-0.2, 0) is 26.2 Å². The molecule has 0 N–H and O–H groups in total. The van der Waals surface area contributed by atoms with Gasteiger partial charge in [-0.2, -0.15) is 35.9 Å². The van der Waals surface area contributed by atoms with Crippen molar-refractivity contribution in [2.75, 3.05) is 0 Å². The second kappa shape index (κ2) is 14.1. The third-order valence-electron chi connectivity index (χ3n) is 3.57. The quantitative estimate of drug-likeness (QED) is 0.446. The van der Waals surface area contributed by atoms with E-state index in [1.54, 1.807) is 5.56 Å². The predicted octanol–water partition coefficient (Wildman–Crippen LogP) is -0.746. The third kappa shape index (κ3) is 8.45. The maximum Gasteiger partial charge on any atom is 4.00 e. The molecule has 2 aromatic rings. The molecule has 0 aliphatic heterocycles. The van der Waals surface area contributed by atoms with Crippen LogP contribution in [0.5, 0.6) is 0 Å². The van der Waals surface area contributed by atoms with Crippen LogP contribution in [0.2, 0.25) is 0 Å². The molecule has 0 heterocycles. The van der Waals surface area contributed by atoms with Gasteiger partial charge in [0.05, 0.1) is 0 Å². The molecule has 20 heavy (non-hydrogen) atoms. The van der Waals surface area contributed by atoms with E-state index in [-0.39, 0.29) is 51.0 Å². The van der Waals surface area contributed by atoms with Crippen molar-refractivity contribution in [2.24, 2.45) is 0 Å². The molecule has 1 saturated carbocycles. The van der Waals surface area contributed by atoms with E-state index in [1.165, 1.54) is 38.5 Å². The van der Waals surface area contributed by atoms with Crippen LogP contribution in [0.4, 0.5) is 0 Å². The maximum atomic E-state index is 2.29. The number of hydrogen-bond acceptors (Lipinski definition) is 0. The molecule has 2 aromatic carbocycles. The van der Waals surface area contributed by atoms with Crippen LogP contribution in [0, 0.1) is 0 Å². The van der Waals surface area contributed by atoms with Crippen LogP contribution < -0.4 is 24.8 Å². The first kappa shape index (κ1) is 22.4. The fourth-order valence-corrected chi connectivity index (χ4v) is 2.59. The van der Waals surface area contributed by atoms with Crippen LogP contribution in [0.25, 0.3) is 0 Å². The standard InChI is InChI=1S/C12H17.C5H5.2ClH.Zr/c1-2-4-8-11(7-3-1)12-9-5-6-10-12;1-2-4-5-3-1;;;/h5-6,9-11H,1-4,7-8H2;1-5H;2*1H;/q2*-1;;;+4/p-2. The van der Waals surface area contributed by atoms with Gasteiger partial charge < -0.3 is 24.8 Å². The van der Waals surface area contributed by atoms with Gasteiger partial charge in [0, 0.05) is 0 Å². The molecule has 0 unspecified atom stereocenters. The molecule has 0 aromatic heterocycles. The zero-order chi connectivity index (χ0) is 11.8. The normalized spacial score (nSPS) is 14.4. The van der Waals surface area contributed by atoms with Gasteiger partial charge in [-0.25, -0.2) is 24.3 Å². The van der Waals surface area contributed by atoms with E-state index in [2.05, 4.69) is 24.3 Å². The van der Waals surface area contributed by atoms with Gasteiger partial charge in [0.15, 0.2) is 0 Å². The van der Waals surface area contributed by atoms with Gasteiger partial charge in [0.1, 0.15) is 0 Å². The van der Waals surface area contributed by atoms with Gasteiger partial charge in [0.25, 0.3) is 0 Å². The smallest absolute Gasteiger partial charge is 1.00 e. The molecule has 0 nitrogen and oxygen atoms in total. The summed E-state index contributed by atoms with van der Waals surface area (Å²) in [7, 11) is 0.